The maximum atomic E-state index is 13.0. The fraction of sp³-hybridized carbons (Fsp3) is 0.312. The highest BCUT2D eigenvalue weighted by Gasteiger charge is 2.33. The van der Waals surface area contributed by atoms with Crippen molar-refractivity contribution in [2.24, 2.45) is 0 Å². The van der Waals surface area contributed by atoms with E-state index in [9.17, 15) is 18.0 Å². The van der Waals surface area contributed by atoms with Crippen molar-refractivity contribution in [1.82, 2.24) is 9.97 Å². The summed E-state index contributed by atoms with van der Waals surface area (Å²) in [6.07, 6.45) is -4.57. The summed E-state index contributed by atoms with van der Waals surface area (Å²) in [6.45, 7) is 2.48. The smallest absolute Gasteiger partial charge is 0.383 e. The fourth-order valence-corrected chi connectivity index (χ4v) is 2.08. The molecule has 0 radical (unpaired) electrons. The number of halogens is 3. The number of benzene rings is 1. The number of ether oxygens (including phenoxy) is 1. The second kappa shape index (κ2) is 7.93. The summed E-state index contributed by atoms with van der Waals surface area (Å²) in [7, 11) is 1.55. The van der Waals surface area contributed by atoms with E-state index in [1.807, 2.05) is 0 Å². The van der Waals surface area contributed by atoms with Gasteiger partial charge >= 0.3 is 6.18 Å². The Morgan fingerprint density at radius 1 is 1.24 bits per heavy atom. The highest BCUT2D eigenvalue weighted by molar-refractivity contribution is 6.03. The molecule has 0 saturated heterocycles. The number of carbonyl (C=O) groups is 1. The Morgan fingerprint density at radius 3 is 2.64 bits per heavy atom. The number of hydrogen-bond donors (Lipinski definition) is 2. The molecule has 0 aliphatic carbocycles. The van der Waals surface area contributed by atoms with Gasteiger partial charge in [0.25, 0.3) is 5.91 Å². The lowest BCUT2D eigenvalue weighted by Crippen LogP contribution is -2.19. The third-order valence-electron chi connectivity index (χ3n) is 3.16. The van der Waals surface area contributed by atoms with Gasteiger partial charge in [-0.2, -0.15) is 13.2 Å². The second-order valence-electron chi connectivity index (χ2n) is 5.10. The number of hydrogen-bond acceptors (Lipinski definition) is 5. The van der Waals surface area contributed by atoms with Gasteiger partial charge < -0.3 is 15.4 Å². The van der Waals surface area contributed by atoms with Gasteiger partial charge in [-0.3, -0.25) is 4.79 Å². The molecule has 9 heteroatoms. The summed E-state index contributed by atoms with van der Waals surface area (Å²) < 4.78 is 43.9. The topological polar surface area (TPSA) is 76.1 Å². The number of alkyl halides is 3. The lowest BCUT2D eigenvalue weighted by molar-refractivity contribution is -0.136. The summed E-state index contributed by atoms with van der Waals surface area (Å²) in [6, 6.07) is 6.12. The Balaban J connectivity index is 2.22. The molecule has 1 heterocycles. The molecule has 2 N–H and O–H groups in total. The van der Waals surface area contributed by atoms with E-state index in [1.54, 1.807) is 14.0 Å². The standard InChI is InChI=1S/C16H17F3N4O2/c1-10-21-13(9-14(22-10)20-7-8-25-2)15(24)23-12-6-4-3-5-11(12)16(17,18)19/h3-6,9H,7-8H2,1-2H3,(H,23,24)(H,20,21,22). The summed E-state index contributed by atoms with van der Waals surface area (Å²) in [4.78, 5) is 20.4. The van der Waals surface area contributed by atoms with Crippen LogP contribution in [-0.2, 0) is 10.9 Å². The molecule has 134 valence electrons. The maximum Gasteiger partial charge on any atom is 0.418 e. The van der Waals surface area contributed by atoms with Crippen LogP contribution in [0.15, 0.2) is 30.3 Å². The number of rotatable bonds is 6. The molecule has 0 unspecified atom stereocenters. The average molecular weight is 354 g/mol. The Morgan fingerprint density at radius 2 is 1.96 bits per heavy atom. The zero-order valence-corrected chi connectivity index (χ0v) is 13.6. The van der Waals surface area contributed by atoms with Crippen LogP contribution in [0.3, 0.4) is 0 Å². The first-order chi connectivity index (χ1) is 11.8. The Hall–Kier alpha value is -2.68. The van der Waals surface area contributed by atoms with Crippen LogP contribution < -0.4 is 10.6 Å². The van der Waals surface area contributed by atoms with Gasteiger partial charge in [-0.25, -0.2) is 9.97 Å². The molecule has 0 saturated carbocycles. The van der Waals surface area contributed by atoms with Gasteiger partial charge in [0.05, 0.1) is 17.9 Å². The third kappa shape index (κ3) is 5.15. The van der Waals surface area contributed by atoms with E-state index >= 15 is 0 Å². The number of aromatic nitrogens is 2. The first-order valence-corrected chi connectivity index (χ1v) is 7.37. The molecule has 2 aromatic rings. The number of aryl methyl sites for hydroxylation is 1. The van der Waals surface area contributed by atoms with Gasteiger partial charge in [-0.1, -0.05) is 12.1 Å². The molecule has 2 rings (SSSR count). The van der Waals surface area contributed by atoms with Gasteiger partial charge in [-0.15, -0.1) is 0 Å². The van der Waals surface area contributed by atoms with Crippen LogP contribution in [0.4, 0.5) is 24.7 Å². The minimum Gasteiger partial charge on any atom is -0.383 e. The first kappa shape index (κ1) is 18.7. The molecular weight excluding hydrogens is 337 g/mol. The van der Waals surface area contributed by atoms with Crippen molar-refractivity contribution in [2.45, 2.75) is 13.1 Å². The molecule has 0 bridgehead atoms. The minimum absolute atomic E-state index is 0.0376. The van der Waals surface area contributed by atoms with Crippen LogP contribution in [0.1, 0.15) is 21.9 Å². The van der Waals surface area contributed by atoms with Crippen molar-refractivity contribution in [3.8, 4) is 0 Å². The van der Waals surface area contributed by atoms with Crippen molar-refractivity contribution in [3.63, 3.8) is 0 Å². The monoisotopic (exact) mass is 354 g/mol. The number of anilines is 2. The van der Waals surface area contributed by atoms with Crippen LogP contribution in [0.25, 0.3) is 0 Å². The lowest BCUT2D eigenvalue weighted by atomic mass is 10.1. The minimum atomic E-state index is -4.57. The second-order valence-corrected chi connectivity index (χ2v) is 5.10. The van der Waals surface area contributed by atoms with Gasteiger partial charge in [0.1, 0.15) is 17.3 Å². The summed E-state index contributed by atoms with van der Waals surface area (Å²) in [5, 5.41) is 5.20. The SMILES string of the molecule is COCCNc1cc(C(=O)Nc2ccccc2C(F)(F)F)nc(C)n1. The summed E-state index contributed by atoms with van der Waals surface area (Å²) in [5.74, 6) is -0.0486. The van der Waals surface area contributed by atoms with Gasteiger partial charge in [0.2, 0.25) is 0 Å². The molecule has 0 aliphatic heterocycles. The average Bonchev–Trinajstić information content (AvgIpc) is 2.54. The zero-order valence-electron chi connectivity index (χ0n) is 13.6. The fourth-order valence-electron chi connectivity index (χ4n) is 2.08. The van der Waals surface area contributed by atoms with Crippen molar-refractivity contribution in [2.75, 3.05) is 30.9 Å². The Labute approximate surface area is 142 Å². The zero-order chi connectivity index (χ0) is 18.4. The lowest BCUT2D eigenvalue weighted by Gasteiger charge is -2.14. The molecule has 0 fully saturated rings. The van der Waals surface area contributed by atoms with E-state index in [0.717, 1.165) is 6.07 Å². The van der Waals surface area contributed by atoms with E-state index in [0.29, 0.717) is 24.8 Å². The van der Waals surface area contributed by atoms with E-state index in [2.05, 4.69) is 20.6 Å². The van der Waals surface area contributed by atoms with E-state index in [4.69, 9.17) is 4.74 Å². The van der Waals surface area contributed by atoms with E-state index in [1.165, 1.54) is 24.3 Å². The number of nitrogens with one attached hydrogen (secondary N) is 2. The molecular formula is C16H17F3N4O2. The van der Waals surface area contributed by atoms with E-state index < -0.39 is 17.6 Å². The molecule has 0 atom stereocenters. The predicted molar refractivity (Wildman–Crippen MR) is 86.5 cm³/mol. The molecule has 1 aromatic carbocycles. The van der Waals surface area contributed by atoms with Crippen molar-refractivity contribution < 1.29 is 22.7 Å². The molecule has 1 aromatic heterocycles. The molecule has 6 nitrogen and oxygen atoms in total. The van der Waals surface area contributed by atoms with E-state index in [-0.39, 0.29) is 11.4 Å². The van der Waals surface area contributed by atoms with Crippen molar-refractivity contribution in [1.29, 1.82) is 0 Å². The molecule has 0 spiro atoms. The van der Waals surface area contributed by atoms with Crippen LogP contribution in [0, 0.1) is 6.92 Å². The van der Waals surface area contributed by atoms with Crippen molar-refractivity contribution in [3.05, 3.63) is 47.4 Å². The normalized spacial score (nSPS) is 11.2. The van der Waals surface area contributed by atoms with Crippen LogP contribution >= 0.6 is 0 Å². The number of carbonyl (C=O) groups excluding carboxylic acids is 1. The van der Waals surface area contributed by atoms with Gasteiger partial charge in [0, 0.05) is 19.7 Å². The Bertz CT molecular complexity index is 750. The van der Waals surface area contributed by atoms with Gasteiger partial charge in [-0.05, 0) is 19.1 Å². The van der Waals surface area contributed by atoms with Crippen LogP contribution in [0.2, 0.25) is 0 Å². The largest absolute Gasteiger partial charge is 0.418 e. The van der Waals surface area contributed by atoms with Crippen LogP contribution in [0.5, 0.6) is 0 Å². The first-order valence-electron chi connectivity index (χ1n) is 7.37. The van der Waals surface area contributed by atoms with Crippen LogP contribution in [-0.4, -0.2) is 36.1 Å². The number of para-hydroxylation sites is 1. The quantitative estimate of drug-likeness (QED) is 0.780. The number of methoxy groups -OCH3 is 1. The summed E-state index contributed by atoms with van der Waals surface area (Å²) >= 11 is 0. The molecule has 25 heavy (non-hydrogen) atoms. The predicted octanol–water partition coefficient (Wildman–Crippen LogP) is 3.11. The highest BCUT2D eigenvalue weighted by atomic mass is 19.4. The Kier molecular flexibility index (Phi) is 5.92. The number of nitrogens with zero attached hydrogens (tertiary/aromatic N) is 2. The highest BCUT2D eigenvalue weighted by Crippen LogP contribution is 2.34. The molecule has 1 amide bonds. The maximum absolute atomic E-state index is 13.0. The van der Waals surface area contributed by atoms with Crippen molar-refractivity contribution >= 4 is 17.4 Å². The molecule has 0 aliphatic rings. The third-order valence-corrected chi connectivity index (χ3v) is 3.16. The summed E-state index contributed by atoms with van der Waals surface area (Å²) in [5.41, 5.74) is -1.29. The van der Waals surface area contributed by atoms with Gasteiger partial charge in [0.15, 0.2) is 0 Å². The number of amides is 1.